The topological polar surface area (TPSA) is 40.5 Å². The maximum absolute atomic E-state index is 10.7. The van der Waals surface area contributed by atoms with E-state index in [1.807, 2.05) is 0 Å². The predicted molar refractivity (Wildman–Crippen MR) is 62.3 cm³/mol. The van der Waals surface area contributed by atoms with E-state index < -0.39 is 5.97 Å². The zero-order valence-corrected chi connectivity index (χ0v) is 9.73. The molecule has 3 nitrogen and oxygen atoms in total. The fourth-order valence-electron chi connectivity index (χ4n) is 2.12. The van der Waals surface area contributed by atoms with Gasteiger partial charge in [0.15, 0.2) is 0 Å². The van der Waals surface area contributed by atoms with Crippen molar-refractivity contribution >= 4 is 5.97 Å². The van der Waals surface area contributed by atoms with Crippen LogP contribution in [0.25, 0.3) is 0 Å². The average Bonchev–Trinajstić information content (AvgIpc) is 2.12. The first-order chi connectivity index (χ1) is 7.56. The maximum atomic E-state index is 10.7. The monoisotopic (exact) mass is 219 g/mol. The number of benzene rings is 1. The van der Waals surface area contributed by atoms with E-state index in [0.717, 1.165) is 6.54 Å². The molecule has 1 N–H and O–H groups in total. The second kappa shape index (κ2) is 4.26. The Balaban J connectivity index is 1.94. The highest BCUT2D eigenvalue weighted by atomic mass is 16.4. The summed E-state index contributed by atoms with van der Waals surface area (Å²) in [7, 11) is 0. The van der Waals surface area contributed by atoms with Gasteiger partial charge in [0.1, 0.15) is 0 Å². The van der Waals surface area contributed by atoms with Gasteiger partial charge in [-0.3, -0.25) is 9.69 Å². The van der Waals surface area contributed by atoms with E-state index in [-0.39, 0.29) is 5.92 Å². The number of nitrogens with zero attached hydrogens (tertiary/aromatic N) is 1. The third kappa shape index (κ3) is 2.25. The molecule has 3 heteroatoms. The lowest BCUT2D eigenvalue weighted by atomic mass is 9.98. The van der Waals surface area contributed by atoms with E-state index >= 15 is 0 Å². The molecule has 0 aliphatic carbocycles. The SMILES string of the molecule is Cc1ccc(CN2CC(C(=O)O)C2)c(C)c1. The Morgan fingerprint density at radius 2 is 2.12 bits per heavy atom. The molecule has 86 valence electrons. The summed E-state index contributed by atoms with van der Waals surface area (Å²) < 4.78 is 0. The van der Waals surface area contributed by atoms with Crippen LogP contribution in [0.3, 0.4) is 0 Å². The number of hydrogen-bond donors (Lipinski definition) is 1. The standard InChI is InChI=1S/C13H17NO2/c1-9-3-4-11(10(2)5-9)6-14-7-12(8-14)13(15)16/h3-5,12H,6-8H2,1-2H3,(H,15,16). The van der Waals surface area contributed by atoms with Crippen molar-refractivity contribution in [2.24, 2.45) is 5.92 Å². The highest BCUT2D eigenvalue weighted by molar-refractivity contribution is 5.71. The predicted octanol–water partition coefficient (Wildman–Crippen LogP) is 1.82. The van der Waals surface area contributed by atoms with Crippen LogP contribution >= 0.6 is 0 Å². The number of aryl methyl sites for hydroxylation is 2. The van der Waals surface area contributed by atoms with Gasteiger partial charge >= 0.3 is 5.97 Å². The quantitative estimate of drug-likeness (QED) is 0.843. The Morgan fingerprint density at radius 3 is 2.69 bits per heavy atom. The Morgan fingerprint density at radius 1 is 1.44 bits per heavy atom. The molecule has 1 saturated heterocycles. The summed E-state index contributed by atoms with van der Waals surface area (Å²) in [6.07, 6.45) is 0. The largest absolute Gasteiger partial charge is 0.481 e. The van der Waals surface area contributed by atoms with Crippen LogP contribution in [0.1, 0.15) is 16.7 Å². The molecule has 1 aromatic rings. The number of likely N-dealkylation sites (tertiary alicyclic amines) is 1. The molecule has 2 rings (SSSR count). The van der Waals surface area contributed by atoms with E-state index in [0.29, 0.717) is 13.1 Å². The lowest BCUT2D eigenvalue weighted by molar-refractivity contribution is -0.147. The van der Waals surface area contributed by atoms with Crippen molar-refractivity contribution in [2.75, 3.05) is 13.1 Å². The maximum Gasteiger partial charge on any atom is 0.309 e. The molecule has 1 aliphatic heterocycles. The highest BCUT2D eigenvalue weighted by Crippen LogP contribution is 2.20. The normalized spacial score (nSPS) is 17.1. The Bertz CT molecular complexity index is 408. The molecule has 16 heavy (non-hydrogen) atoms. The minimum atomic E-state index is -0.670. The van der Waals surface area contributed by atoms with Gasteiger partial charge in [-0.15, -0.1) is 0 Å². The number of hydrogen-bond acceptors (Lipinski definition) is 2. The van der Waals surface area contributed by atoms with Crippen molar-refractivity contribution in [3.63, 3.8) is 0 Å². The van der Waals surface area contributed by atoms with Crippen molar-refractivity contribution in [3.05, 3.63) is 34.9 Å². The number of carbonyl (C=O) groups is 1. The average molecular weight is 219 g/mol. The number of aliphatic carboxylic acids is 1. The van der Waals surface area contributed by atoms with Gasteiger partial charge in [-0.1, -0.05) is 23.8 Å². The Kier molecular flexibility index (Phi) is 2.97. The van der Waals surface area contributed by atoms with Gasteiger partial charge in [-0.05, 0) is 25.0 Å². The van der Waals surface area contributed by atoms with Gasteiger partial charge in [-0.2, -0.15) is 0 Å². The van der Waals surface area contributed by atoms with Crippen LogP contribution in [-0.4, -0.2) is 29.1 Å². The first kappa shape index (κ1) is 11.1. The minimum absolute atomic E-state index is 0.161. The first-order valence-electron chi connectivity index (χ1n) is 5.57. The molecule has 0 spiro atoms. The van der Waals surface area contributed by atoms with E-state index in [2.05, 4.69) is 36.9 Å². The summed E-state index contributed by atoms with van der Waals surface area (Å²) >= 11 is 0. The fourth-order valence-corrected chi connectivity index (χ4v) is 2.12. The van der Waals surface area contributed by atoms with Gasteiger partial charge in [0.2, 0.25) is 0 Å². The molecule has 0 amide bonds. The molecule has 0 unspecified atom stereocenters. The van der Waals surface area contributed by atoms with Gasteiger partial charge in [0.25, 0.3) is 0 Å². The molecule has 0 atom stereocenters. The molecular formula is C13H17NO2. The molecule has 0 radical (unpaired) electrons. The molecule has 1 aromatic carbocycles. The first-order valence-corrected chi connectivity index (χ1v) is 5.57. The van der Waals surface area contributed by atoms with Crippen LogP contribution in [0.4, 0.5) is 0 Å². The molecule has 1 aliphatic rings. The van der Waals surface area contributed by atoms with Crippen LogP contribution in [0, 0.1) is 19.8 Å². The van der Waals surface area contributed by atoms with Crippen molar-refractivity contribution in [1.29, 1.82) is 0 Å². The van der Waals surface area contributed by atoms with Crippen LogP contribution in [-0.2, 0) is 11.3 Å². The van der Waals surface area contributed by atoms with Gasteiger partial charge < -0.3 is 5.11 Å². The molecule has 1 fully saturated rings. The van der Waals surface area contributed by atoms with Crippen molar-refractivity contribution in [3.8, 4) is 0 Å². The van der Waals surface area contributed by atoms with Crippen molar-refractivity contribution < 1.29 is 9.90 Å². The number of rotatable bonds is 3. The third-order valence-electron chi connectivity index (χ3n) is 3.20. The smallest absolute Gasteiger partial charge is 0.309 e. The van der Waals surface area contributed by atoms with Crippen molar-refractivity contribution in [2.45, 2.75) is 20.4 Å². The zero-order valence-electron chi connectivity index (χ0n) is 9.73. The minimum Gasteiger partial charge on any atom is -0.481 e. The Labute approximate surface area is 95.7 Å². The van der Waals surface area contributed by atoms with E-state index in [9.17, 15) is 4.79 Å². The molecule has 0 bridgehead atoms. The lowest BCUT2D eigenvalue weighted by Crippen LogP contribution is -2.49. The molecule has 0 aromatic heterocycles. The second-order valence-corrected chi connectivity index (χ2v) is 4.66. The van der Waals surface area contributed by atoms with E-state index in [1.165, 1.54) is 16.7 Å². The summed E-state index contributed by atoms with van der Waals surface area (Å²) in [6, 6.07) is 6.42. The van der Waals surface area contributed by atoms with Gasteiger partial charge in [0.05, 0.1) is 5.92 Å². The van der Waals surface area contributed by atoms with E-state index in [1.54, 1.807) is 0 Å². The summed E-state index contributed by atoms with van der Waals surface area (Å²) in [5.41, 5.74) is 3.86. The molecule has 1 heterocycles. The second-order valence-electron chi connectivity index (χ2n) is 4.66. The van der Waals surface area contributed by atoms with Crippen LogP contribution < -0.4 is 0 Å². The highest BCUT2D eigenvalue weighted by Gasteiger charge is 2.32. The molecule has 0 saturated carbocycles. The third-order valence-corrected chi connectivity index (χ3v) is 3.20. The van der Waals surface area contributed by atoms with Crippen molar-refractivity contribution in [1.82, 2.24) is 4.90 Å². The summed E-state index contributed by atoms with van der Waals surface area (Å²) in [5.74, 6) is -0.831. The number of carboxylic acids is 1. The molecular weight excluding hydrogens is 202 g/mol. The van der Waals surface area contributed by atoms with Crippen LogP contribution in [0.5, 0.6) is 0 Å². The van der Waals surface area contributed by atoms with Gasteiger partial charge in [-0.25, -0.2) is 0 Å². The lowest BCUT2D eigenvalue weighted by Gasteiger charge is -2.36. The number of carboxylic acid groups (broad SMARTS) is 1. The summed E-state index contributed by atoms with van der Waals surface area (Å²) in [4.78, 5) is 12.8. The van der Waals surface area contributed by atoms with Crippen LogP contribution in [0.15, 0.2) is 18.2 Å². The summed E-state index contributed by atoms with van der Waals surface area (Å²) in [6.45, 7) is 6.43. The fraction of sp³-hybridized carbons (Fsp3) is 0.462. The van der Waals surface area contributed by atoms with Crippen LogP contribution in [0.2, 0.25) is 0 Å². The van der Waals surface area contributed by atoms with Gasteiger partial charge in [0, 0.05) is 19.6 Å². The summed E-state index contributed by atoms with van der Waals surface area (Å²) in [5, 5.41) is 8.78. The zero-order chi connectivity index (χ0) is 11.7. The van der Waals surface area contributed by atoms with E-state index in [4.69, 9.17) is 5.11 Å². The Hall–Kier alpha value is -1.35.